The molecular formula is C19H26N2O4. The van der Waals surface area contributed by atoms with E-state index >= 15 is 0 Å². The third-order valence-corrected chi connectivity index (χ3v) is 4.79. The summed E-state index contributed by atoms with van der Waals surface area (Å²) in [5.74, 6) is -0.0103. The van der Waals surface area contributed by atoms with E-state index in [1.54, 1.807) is 7.05 Å². The van der Waals surface area contributed by atoms with Crippen molar-refractivity contribution in [2.24, 2.45) is 7.05 Å². The van der Waals surface area contributed by atoms with E-state index in [1.807, 2.05) is 37.8 Å². The van der Waals surface area contributed by atoms with Gasteiger partial charge in [0.1, 0.15) is 5.60 Å². The maximum absolute atomic E-state index is 12.3. The fraction of sp³-hybridized carbons (Fsp3) is 0.579. The molecule has 2 aromatic rings. The highest BCUT2D eigenvalue weighted by Gasteiger charge is 2.32. The smallest absolute Gasteiger partial charge is 0.419 e. The summed E-state index contributed by atoms with van der Waals surface area (Å²) < 4.78 is 12.3. The van der Waals surface area contributed by atoms with Gasteiger partial charge in [0, 0.05) is 19.6 Å². The summed E-state index contributed by atoms with van der Waals surface area (Å²) in [6.45, 7) is 8.36. The molecule has 136 valence electrons. The molecule has 1 aromatic carbocycles. The van der Waals surface area contributed by atoms with Crippen LogP contribution >= 0.6 is 0 Å². The monoisotopic (exact) mass is 346 g/mol. The van der Waals surface area contributed by atoms with Crippen LogP contribution in [0.2, 0.25) is 0 Å². The van der Waals surface area contributed by atoms with Gasteiger partial charge in [0.05, 0.1) is 5.52 Å². The minimum Gasteiger partial charge on any atom is -0.444 e. The number of aryl methyl sites for hydroxylation is 1. The predicted molar refractivity (Wildman–Crippen MR) is 95.8 cm³/mol. The van der Waals surface area contributed by atoms with Gasteiger partial charge in [-0.15, -0.1) is 0 Å². The van der Waals surface area contributed by atoms with Crippen molar-refractivity contribution < 1.29 is 13.9 Å². The average molecular weight is 346 g/mol. The lowest BCUT2D eigenvalue weighted by molar-refractivity contribution is 0.0103. The van der Waals surface area contributed by atoms with Crippen LogP contribution in [0.3, 0.4) is 0 Å². The van der Waals surface area contributed by atoms with E-state index in [1.165, 1.54) is 4.57 Å². The second-order valence-corrected chi connectivity index (χ2v) is 7.90. The minimum absolute atomic E-state index is 0.104. The fourth-order valence-corrected chi connectivity index (χ4v) is 3.47. The Morgan fingerprint density at radius 2 is 2.04 bits per heavy atom. The lowest BCUT2D eigenvalue weighted by atomic mass is 9.86. The molecule has 1 fully saturated rings. The molecule has 6 heteroatoms. The number of ether oxygens (including phenoxy) is 1. The second-order valence-electron chi connectivity index (χ2n) is 7.90. The molecule has 25 heavy (non-hydrogen) atoms. The number of nitrogens with zero attached hydrogens (tertiary/aromatic N) is 2. The van der Waals surface area contributed by atoms with Gasteiger partial charge in [-0.05, 0) is 64.2 Å². The number of amides is 1. The zero-order chi connectivity index (χ0) is 18.4. The molecule has 1 aliphatic rings. The summed E-state index contributed by atoms with van der Waals surface area (Å²) >= 11 is 0. The van der Waals surface area contributed by atoms with Gasteiger partial charge < -0.3 is 14.1 Å². The van der Waals surface area contributed by atoms with E-state index in [9.17, 15) is 9.59 Å². The van der Waals surface area contributed by atoms with Crippen LogP contribution in [0.4, 0.5) is 4.79 Å². The van der Waals surface area contributed by atoms with Gasteiger partial charge in [-0.25, -0.2) is 9.59 Å². The van der Waals surface area contributed by atoms with E-state index in [0.29, 0.717) is 18.0 Å². The molecule has 1 aliphatic heterocycles. The summed E-state index contributed by atoms with van der Waals surface area (Å²) in [5, 5.41) is 0. The molecule has 1 unspecified atom stereocenters. The molecule has 3 rings (SSSR count). The number of fused-ring (bicyclic) bond motifs is 1. The van der Waals surface area contributed by atoms with Gasteiger partial charge in [-0.3, -0.25) is 4.57 Å². The van der Waals surface area contributed by atoms with Crippen molar-refractivity contribution in [1.82, 2.24) is 9.47 Å². The van der Waals surface area contributed by atoms with E-state index in [0.717, 1.165) is 23.9 Å². The number of oxazole rings is 1. The molecule has 0 bridgehead atoms. The molecule has 1 amide bonds. The molecular weight excluding hydrogens is 320 g/mol. The van der Waals surface area contributed by atoms with Crippen LogP contribution in [0.5, 0.6) is 0 Å². The number of hydrogen-bond acceptors (Lipinski definition) is 4. The van der Waals surface area contributed by atoms with Gasteiger partial charge >= 0.3 is 11.8 Å². The van der Waals surface area contributed by atoms with Crippen molar-refractivity contribution in [1.29, 1.82) is 0 Å². The molecule has 0 radical (unpaired) electrons. The molecule has 0 N–H and O–H groups in total. The second kappa shape index (κ2) is 6.24. The minimum atomic E-state index is -0.483. The highest BCUT2D eigenvalue weighted by molar-refractivity contribution is 5.74. The van der Waals surface area contributed by atoms with Crippen molar-refractivity contribution >= 4 is 17.2 Å². The van der Waals surface area contributed by atoms with Gasteiger partial charge in [-0.1, -0.05) is 6.07 Å². The maximum atomic E-state index is 12.3. The van der Waals surface area contributed by atoms with Crippen LogP contribution in [0.25, 0.3) is 11.1 Å². The van der Waals surface area contributed by atoms with E-state index in [-0.39, 0.29) is 17.9 Å². The maximum Gasteiger partial charge on any atom is 0.419 e. The highest BCUT2D eigenvalue weighted by Crippen LogP contribution is 2.33. The van der Waals surface area contributed by atoms with Crippen molar-refractivity contribution in [3.8, 4) is 0 Å². The Labute approximate surface area is 147 Å². The Balaban J connectivity index is 1.74. The normalized spacial score (nSPS) is 21.6. The van der Waals surface area contributed by atoms with Crippen LogP contribution in [0.15, 0.2) is 27.4 Å². The first kappa shape index (κ1) is 17.6. The van der Waals surface area contributed by atoms with Crippen molar-refractivity contribution in [2.45, 2.75) is 58.1 Å². The first-order valence-corrected chi connectivity index (χ1v) is 8.75. The number of carbonyl (C=O) groups is 1. The average Bonchev–Trinajstić information content (AvgIpc) is 2.79. The topological polar surface area (TPSA) is 64.7 Å². The Morgan fingerprint density at radius 3 is 2.68 bits per heavy atom. The molecule has 2 heterocycles. The molecule has 0 aliphatic carbocycles. The van der Waals surface area contributed by atoms with Gasteiger partial charge in [0.2, 0.25) is 0 Å². The Kier molecular flexibility index (Phi) is 4.39. The number of benzene rings is 1. The lowest BCUT2D eigenvalue weighted by Gasteiger charge is -2.38. The predicted octanol–water partition coefficient (Wildman–Crippen LogP) is 3.63. The Morgan fingerprint density at radius 1 is 1.32 bits per heavy atom. The van der Waals surface area contributed by atoms with Crippen LogP contribution in [0.1, 0.15) is 52.0 Å². The molecule has 1 saturated heterocycles. The summed E-state index contributed by atoms with van der Waals surface area (Å²) in [6, 6.07) is 6.04. The number of aromatic nitrogens is 1. The highest BCUT2D eigenvalue weighted by atomic mass is 16.6. The van der Waals surface area contributed by atoms with Crippen LogP contribution < -0.4 is 5.76 Å². The molecule has 2 atom stereocenters. The van der Waals surface area contributed by atoms with Crippen molar-refractivity contribution in [2.75, 3.05) is 6.54 Å². The van der Waals surface area contributed by atoms with Crippen LogP contribution in [-0.4, -0.2) is 33.7 Å². The van der Waals surface area contributed by atoms with Crippen molar-refractivity contribution in [3.05, 3.63) is 34.3 Å². The standard InChI is InChI=1S/C19H26N2O4/c1-12-10-14(8-9-21(12)18(23)25-19(2,3)4)13-6-7-15-16(11-13)24-17(22)20(15)5/h6-7,11-12,14H,8-10H2,1-5H3/t12-,14?/m0/s1. The molecule has 1 aromatic heterocycles. The van der Waals surface area contributed by atoms with Gasteiger partial charge in [0.25, 0.3) is 0 Å². The zero-order valence-electron chi connectivity index (χ0n) is 15.5. The fourth-order valence-electron chi connectivity index (χ4n) is 3.47. The summed E-state index contributed by atoms with van der Waals surface area (Å²) in [4.78, 5) is 25.8. The largest absolute Gasteiger partial charge is 0.444 e. The number of rotatable bonds is 1. The summed E-state index contributed by atoms with van der Waals surface area (Å²) in [6.07, 6.45) is 1.48. The first-order valence-electron chi connectivity index (χ1n) is 8.75. The van der Waals surface area contributed by atoms with E-state index in [4.69, 9.17) is 9.15 Å². The van der Waals surface area contributed by atoms with Crippen LogP contribution in [0, 0.1) is 0 Å². The van der Waals surface area contributed by atoms with E-state index in [2.05, 4.69) is 13.0 Å². The Bertz CT molecular complexity index is 843. The molecule has 0 spiro atoms. The SMILES string of the molecule is C[C@H]1CC(c2ccc3c(c2)oc(=O)n3C)CCN1C(=O)OC(C)(C)C. The van der Waals surface area contributed by atoms with E-state index < -0.39 is 5.60 Å². The third-order valence-electron chi connectivity index (χ3n) is 4.79. The summed E-state index contributed by atoms with van der Waals surface area (Å²) in [5.41, 5.74) is 2.08. The lowest BCUT2D eigenvalue weighted by Crippen LogP contribution is -2.46. The Hall–Kier alpha value is -2.24. The quantitative estimate of drug-likeness (QED) is 0.791. The number of likely N-dealkylation sites (tertiary alicyclic amines) is 1. The van der Waals surface area contributed by atoms with Gasteiger partial charge in [-0.2, -0.15) is 0 Å². The molecule has 0 saturated carbocycles. The third kappa shape index (κ3) is 3.57. The number of piperidine rings is 1. The molecule has 6 nitrogen and oxygen atoms in total. The summed E-state index contributed by atoms with van der Waals surface area (Å²) in [7, 11) is 1.70. The first-order chi connectivity index (χ1) is 11.7. The number of hydrogen-bond donors (Lipinski definition) is 0. The van der Waals surface area contributed by atoms with Crippen molar-refractivity contribution in [3.63, 3.8) is 0 Å². The van der Waals surface area contributed by atoms with Gasteiger partial charge in [0.15, 0.2) is 5.58 Å². The zero-order valence-corrected chi connectivity index (χ0v) is 15.5. The number of carbonyl (C=O) groups excluding carboxylic acids is 1. The van der Waals surface area contributed by atoms with Crippen LogP contribution in [-0.2, 0) is 11.8 Å².